The molecule has 1 aromatic heterocycles. The number of hydrogen-bond donors (Lipinski definition) is 3. The fraction of sp³-hybridized carbons (Fsp3) is 0.250. The zero-order valence-corrected chi connectivity index (χ0v) is 10.2. The molecular weight excluding hydrogens is 238 g/mol. The Hall–Kier alpha value is -1.75. The molecular formula is C12H13NO3S. The topological polar surface area (TPSA) is 69.6 Å². The Kier molecular flexibility index (Phi) is 3.19. The molecule has 0 fully saturated rings. The molecule has 3 N–H and O–H groups in total. The molecule has 2 aromatic rings. The van der Waals surface area contributed by atoms with Crippen molar-refractivity contribution in [2.24, 2.45) is 0 Å². The fourth-order valence-electron chi connectivity index (χ4n) is 1.62. The zero-order valence-electron chi connectivity index (χ0n) is 9.36. The molecule has 4 nitrogen and oxygen atoms in total. The Balaban J connectivity index is 2.20. The molecule has 0 aliphatic rings. The van der Waals surface area contributed by atoms with Crippen molar-refractivity contribution in [3.8, 4) is 11.5 Å². The molecule has 2 rings (SSSR count). The molecule has 0 bridgehead atoms. The predicted molar refractivity (Wildman–Crippen MR) is 67.5 cm³/mol. The number of thiophene rings is 1. The minimum absolute atomic E-state index is 0.0494. The molecule has 1 heterocycles. The maximum Gasteiger partial charge on any atom is 0.216 e. The third-order valence-electron chi connectivity index (χ3n) is 2.44. The second-order valence-electron chi connectivity index (χ2n) is 3.80. The summed E-state index contributed by atoms with van der Waals surface area (Å²) < 4.78 is 0.683. The van der Waals surface area contributed by atoms with Crippen LogP contribution in [0, 0.1) is 0 Å². The molecule has 0 saturated carbocycles. The highest BCUT2D eigenvalue weighted by molar-refractivity contribution is 7.19. The summed E-state index contributed by atoms with van der Waals surface area (Å²) in [5, 5.41) is 22.7. The third kappa shape index (κ3) is 2.50. The van der Waals surface area contributed by atoms with E-state index < -0.39 is 0 Å². The van der Waals surface area contributed by atoms with Gasteiger partial charge in [0.25, 0.3) is 0 Å². The van der Waals surface area contributed by atoms with Crippen molar-refractivity contribution in [3.05, 3.63) is 23.1 Å². The number of hydrogen-bond acceptors (Lipinski definition) is 4. The first kappa shape index (κ1) is 11.7. The van der Waals surface area contributed by atoms with Crippen molar-refractivity contribution < 1.29 is 15.0 Å². The van der Waals surface area contributed by atoms with Crippen molar-refractivity contribution in [3.63, 3.8) is 0 Å². The molecule has 5 heteroatoms. The zero-order chi connectivity index (χ0) is 12.4. The van der Waals surface area contributed by atoms with E-state index in [1.165, 1.54) is 24.3 Å². The van der Waals surface area contributed by atoms with Gasteiger partial charge in [-0.25, -0.2) is 0 Å². The third-order valence-corrected chi connectivity index (χ3v) is 3.65. The highest BCUT2D eigenvalue weighted by Crippen LogP contribution is 2.38. The first-order chi connectivity index (χ1) is 8.08. The van der Waals surface area contributed by atoms with Gasteiger partial charge < -0.3 is 15.5 Å². The Morgan fingerprint density at radius 3 is 2.88 bits per heavy atom. The van der Waals surface area contributed by atoms with Crippen molar-refractivity contribution in [1.29, 1.82) is 0 Å². The second kappa shape index (κ2) is 4.63. The van der Waals surface area contributed by atoms with Gasteiger partial charge in [0.15, 0.2) is 11.5 Å². The number of rotatable bonds is 3. The Morgan fingerprint density at radius 1 is 1.41 bits per heavy atom. The van der Waals surface area contributed by atoms with Gasteiger partial charge in [-0.15, -0.1) is 11.3 Å². The van der Waals surface area contributed by atoms with Gasteiger partial charge in [-0.2, -0.15) is 0 Å². The average Bonchev–Trinajstić information content (AvgIpc) is 2.67. The van der Waals surface area contributed by atoms with Crippen molar-refractivity contribution in [2.75, 3.05) is 6.54 Å². The van der Waals surface area contributed by atoms with Crippen molar-refractivity contribution in [1.82, 2.24) is 5.32 Å². The SMILES string of the molecule is CC(=O)NCCc1cc2ccc(O)c(O)c2s1. The normalized spacial score (nSPS) is 10.6. The van der Waals surface area contributed by atoms with E-state index in [0.717, 1.165) is 16.7 Å². The number of amides is 1. The summed E-state index contributed by atoms with van der Waals surface area (Å²) in [4.78, 5) is 11.8. The average molecular weight is 251 g/mol. The molecule has 90 valence electrons. The predicted octanol–water partition coefficient (Wildman–Crippen LogP) is 1.99. The van der Waals surface area contributed by atoms with Crippen LogP contribution in [0.4, 0.5) is 0 Å². The van der Waals surface area contributed by atoms with Gasteiger partial charge in [0, 0.05) is 18.3 Å². The fourth-order valence-corrected chi connectivity index (χ4v) is 2.71. The summed E-state index contributed by atoms with van der Waals surface area (Å²) >= 11 is 1.43. The van der Waals surface area contributed by atoms with Crippen LogP contribution in [-0.4, -0.2) is 22.7 Å². The van der Waals surface area contributed by atoms with Crippen LogP contribution in [-0.2, 0) is 11.2 Å². The van der Waals surface area contributed by atoms with Crippen LogP contribution in [0.5, 0.6) is 11.5 Å². The van der Waals surface area contributed by atoms with Gasteiger partial charge in [-0.05, 0) is 30.0 Å². The van der Waals surface area contributed by atoms with Gasteiger partial charge in [-0.3, -0.25) is 4.79 Å². The van der Waals surface area contributed by atoms with E-state index in [0.29, 0.717) is 11.2 Å². The van der Waals surface area contributed by atoms with Gasteiger partial charge in [0.1, 0.15) is 0 Å². The van der Waals surface area contributed by atoms with Crippen LogP contribution in [0.25, 0.3) is 10.1 Å². The number of phenolic OH excluding ortho intramolecular Hbond substituents is 2. The summed E-state index contributed by atoms with van der Waals surface area (Å²) in [5.74, 6) is -0.224. The minimum Gasteiger partial charge on any atom is -0.504 e. The monoisotopic (exact) mass is 251 g/mol. The molecule has 0 radical (unpaired) electrons. The Labute approximate surface area is 103 Å². The van der Waals surface area contributed by atoms with E-state index in [9.17, 15) is 15.0 Å². The van der Waals surface area contributed by atoms with E-state index in [4.69, 9.17) is 0 Å². The number of aromatic hydroxyl groups is 2. The number of benzene rings is 1. The number of fused-ring (bicyclic) bond motifs is 1. The molecule has 17 heavy (non-hydrogen) atoms. The van der Waals surface area contributed by atoms with E-state index in [1.807, 2.05) is 6.07 Å². The molecule has 0 saturated heterocycles. The molecule has 1 aromatic carbocycles. The van der Waals surface area contributed by atoms with Crippen molar-refractivity contribution in [2.45, 2.75) is 13.3 Å². The lowest BCUT2D eigenvalue weighted by atomic mass is 10.2. The highest BCUT2D eigenvalue weighted by atomic mass is 32.1. The maximum atomic E-state index is 10.7. The van der Waals surface area contributed by atoms with Crippen LogP contribution in [0.15, 0.2) is 18.2 Å². The number of carbonyl (C=O) groups excluding carboxylic acids is 1. The Morgan fingerprint density at radius 2 is 2.18 bits per heavy atom. The van der Waals surface area contributed by atoms with Crippen LogP contribution < -0.4 is 5.32 Å². The first-order valence-corrected chi connectivity index (χ1v) is 6.07. The molecule has 0 aliphatic heterocycles. The van der Waals surface area contributed by atoms with Gasteiger partial charge in [0.2, 0.25) is 5.91 Å². The van der Waals surface area contributed by atoms with Crippen molar-refractivity contribution >= 4 is 27.3 Å². The summed E-state index contributed by atoms with van der Waals surface area (Å²) in [6.45, 7) is 2.06. The lowest BCUT2D eigenvalue weighted by Gasteiger charge is -1.98. The summed E-state index contributed by atoms with van der Waals surface area (Å²) in [6.07, 6.45) is 0.721. The minimum atomic E-state index is -0.104. The van der Waals surface area contributed by atoms with E-state index >= 15 is 0 Å². The first-order valence-electron chi connectivity index (χ1n) is 5.25. The largest absolute Gasteiger partial charge is 0.504 e. The molecule has 0 aliphatic carbocycles. The molecule has 0 atom stereocenters. The maximum absolute atomic E-state index is 10.7. The molecule has 1 amide bonds. The van der Waals surface area contributed by atoms with Crippen LogP contribution in [0.3, 0.4) is 0 Å². The van der Waals surface area contributed by atoms with Gasteiger partial charge >= 0.3 is 0 Å². The Bertz CT molecular complexity index is 562. The standard InChI is InChI=1S/C12H13NO3S/c1-7(14)13-5-4-9-6-8-2-3-10(15)11(16)12(8)17-9/h2-3,6,15-16H,4-5H2,1H3,(H,13,14). The van der Waals surface area contributed by atoms with E-state index in [1.54, 1.807) is 6.07 Å². The van der Waals surface area contributed by atoms with E-state index in [-0.39, 0.29) is 17.4 Å². The number of carbonyl (C=O) groups is 1. The second-order valence-corrected chi connectivity index (χ2v) is 4.93. The summed E-state index contributed by atoms with van der Waals surface area (Å²) in [5.41, 5.74) is 0. The van der Waals surface area contributed by atoms with Gasteiger partial charge in [0.05, 0.1) is 4.70 Å². The summed E-state index contributed by atoms with van der Waals surface area (Å²) in [7, 11) is 0. The van der Waals surface area contributed by atoms with Crippen LogP contribution in [0.2, 0.25) is 0 Å². The lowest BCUT2D eigenvalue weighted by molar-refractivity contribution is -0.118. The molecule has 0 spiro atoms. The van der Waals surface area contributed by atoms with Gasteiger partial charge in [-0.1, -0.05) is 0 Å². The summed E-state index contributed by atoms with van der Waals surface area (Å²) in [6, 6.07) is 5.20. The quantitative estimate of drug-likeness (QED) is 0.731. The van der Waals surface area contributed by atoms with E-state index in [2.05, 4.69) is 5.32 Å². The number of nitrogens with one attached hydrogen (secondary N) is 1. The number of phenols is 2. The van der Waals surface area contributed by atoms with Crippen LogP contribution >= 0.6 is 11.3 Å². The molecule has 0 unspecified atom stereocenters. The highest BCUT2D eigenvalue weighted by Gasteiger charge is 2.09. The van der Waals surface area contributed by atoms with Crippen LogP contribution in [0.1, 0.15) is 11.8 Å². The lowest BCUT2D eigenvalue weighted by Crippen LogP contribution is -2.21. The smallest absolute Gasteiger partial charge is 0.216 e.